The van der Waals surface area contributed by atoms with Gasteiger partial charge in [-0.25, -0.2) is 4.68 Å². The molecule has 0 radical (unpaired) electrons. The van der Waals surface area contributed by atoms with Crippen LogP contribution >= 0.6 is 15.9 Å². The Balaban J connectivity index is 1.52. The summed E-state index contributed by atoms with van der Waals surface area (Å²) in [5.41, 5.74) is 1.77. The molecule has 1 aromatic carbocycles. The van der Waals surface area contributed by atoms with Crippen LogP contribution in [0.2, 0.25) is 0 Å². The highest BCUT2D eigenvalue weighted by atomic mass is 79.9. The second-order valence-corrected chi connectivity index (χ2v) is 7.67. The normalized spacial score (nSPS) is 20.8. The van der Waals surface area contributed by atoms with Gasteiger partial charge in [0, 0.05) is 12.0 Å². The standard InChI is InChI=1S/C16H20BrN3O3/c1-16(7-21-10-22-8-16)9-23-13-5-4-12-15(14(13)17)18-19-20(12)6-11-2-3-11/h4-5,11H,2-3,6-10H2,1H3. The third-order valence-corrected chi connectivity index (χ3v) is 5.13. The van der Waals surface area contributed by atoms with Crippen molar-refractivity contribution in [1.82, 2.24) is 15.0 Å². The molecule has 1 saturated carbocycles. The van der Waals surface area contributed by atoms with Gasteiger partial charge in [-0.3, -0.25) is 0 Å². The Kier molecular flexibility index (Phi) is 4.03. The zero-order valence-corrected chi connectivity index (χ0v) is 14.7. The summed E-state index contributed by atoms with van der Waals surface area (Å²) in [5.74, 6) is 1.55. The lowest BCUT2D eigenvalue weighted by Gasteiger charge is -2.32. The number of benzene rings is 1. The first-order chi connectivity index (χ1) is 11.1. The van der Waals surface area contributed by atoms with Gasteiger partial charge < -0.3 is 14.2 Å². The van der Waals surface area contributed by atoms with Gasteiger partial charge in [0.2, 0.25) is 0 Å². The lowest BCUT2D eigenvalue weighted by Crippen LogP contribution is -2.39. The molecular weight excluding hydrogens is 362 g/mol. The van der Waals surface area contributed by atoms with E-state index < -0.39 is 0 Å². The maximum absolute atomic E-state index is 6.01. The fraction of sp³-hybridized carbons (Fsp3) is 0.625. The second kappa shape index (κ2) is 6.03. The average Bonchev–Trinajstić information content (AvgIpc) is 3.27. The molecule has 1 aromatic heterocycles. The van der Waals surface area contributed by atoms with Gasteiger partial charge in [0.1, 0.15) is 18.1 Å². The molecule has 0 spiro atoms. The van der Waals surface area contributed by atoms with Crippen LogP contribution in [0.15, 0.2) is 16.6 Å². The lowest BCUT2D eigenvalue weighted by molar-refractivity contribution is -0.167. The molecule has 23 heavy (non-hydrogen) atoms. The molecule has 0 unspecified atom stereocenters. The van der Waals surface area contributed by atoms with Crippen LogP contribution in [0.4, 0.5) is 0 Å². The van der Waals surface area contributed by atoms with E-state index in [0.717, 1.165) is 33.7 Å². The molecular formula is C16H20BrN3O3. The molecule has 0 atom stereocenters. The zero-order valence-electron chi connectivity index (χ0n) is 13.1. The lowest BCUT2D eigenvalue weighted by atomic mass is 9.94. The van der Waals surface area contributed by atoms with E-state index in [1.165, 1.54) is 12.8 Å². The van der Waals surface area contributed by atoms with Crippen LogP contribution in [-0.4, -0.2) is 41.6 Å². The van der Waals surface area contributed by atoms with Gasteiger partial charge in [-0.1, -0.05) is 12.1 Å². The summed E-state index contributed by atoms with van der Waals surface area (Å²) >= 11 is 3.62. The quantitative estimate of drug-likeness (QED) is 0.796. The molecule has 124 valence electrons. The van der Waals surface area contributed by atoms with Crippen molar-refractivity contribution in [3.8, 4) is 5.75 Å². The third kappa shape index (κ3) is 3.22. The second-order valence-electron chi connectivity index (χ2n) is 6.87. The summed E-state index contributed by atoms with van der Waals surface area (Å²) in [6, 6.07) is 4.01. The van der Waals surface area contributed by atoms with Crippen molar-refractivity contribution < 1.29 is 14.2 Å². The zero-order chi connectivity index (χ0) is 15.9. The Morgan fingerprint density at radius 3 is 2.87 bits per heavy atom. The number of fused-ring (bicyclic) bond motifs is 1. The number of rotatable bonds is 5. The van der Waals surface area contributed by atoms with E-state index in [0.29, 0.717) is 26.6 Å². The van der Waals surface area contributed by atoms with E-state index in [1.54, 1.807) is 0 Å². The largest absolute Gasteiger partial charge is 0.492 e. The first-order valence-electron chi connectivity index (χ1n) is 7.95. The summed E-state index contributed by atoms with van der Waals surface area (Å²) in [4.78, 5) is 0. The summed E-state index contributed by atoms with van der Waals surface area (Å²) in [5, 5.41) is 8.59. The first kappa shape index (κ1) is 15.4. The van der Waals surface area contributed by atoms with E-state index >= 15 is 0 Å². The van der Waals surface area contributed by atoms with Crippen LogP contribution in [0.5, 0.6) is 5.75 Å². The van der Waals surface area contributed by atoms with Crippen molar-refractivity contribution >= 4 is 27.0 Å². The Bertz CT molecular complexity index is 708. The van der Waals surface area contributed by atoms with E-state index in [1.807, 2.05) is 16.8 Å². The highest BCUT2D eigenvalue weighted by Gasteiger charge is 2.30. The van der Waals surface area contributed by atoms with Crippen LogP contribution in [0.25, 0.3) is 11.0 Å². The minimum absolute atomic E-state index is 0.129. The van der Waals surface area contributed by atoms with E-state index in [-0.39, 0.29) is 5.41 Å². The Hall–Kier alpha value is -1.18. The van der Waals surface area contributed by atoms with Crippen LogP contribution in [0, 0.1) is 11.3 Å². The SMILES string of the molecule is CC1(COc2ccc3c(nnn3CC3CC3)c2Br)COCOC1. The highest BCUT2D eigenvalue weighted by Crippen LogP contribution is 2.35. The Morgan fingerprint density at radius 2 is 2.13 bits per heavy atom. The van der Waals surface area contributed by atoms with Gasteiger partial charge in [0.15, 0.2) is 0 Å². The topological polar surface area (TPSA) is 58.4 Å². The van der Waals surface area contributed by atoms with Crippen LogP contribution in [-0.2, 0) is 16.0 Å². The molecule has 4 rings (SSSR count). The predicted octanol–water partition coefficient (Wildman–Crippen LogP) is 2.99. The van der Waals surface area contributed by atoms with Crippen molar-refractivity contribution in [1.29, 1.82) is 0 Å². The molecule has 0 N–H and O–H groups in total. The monoisotopic (exact) mass is 381 g/mol. The maximum Gasteiger partial charge on any atom is 0.146 e. The molecule has 0 amide bonds. The Labute approximate surface area is 143 Å². The van der Waals surface area contributed by atoms with E-state index in [4.69, 9.17) is 14.2 Å². The molecule has 6 nitrogen and oxygen atoms in total. The summed E-state index contributed by atoms with van der Waals surface area (Å²) in [6.07, 6.45) is 2.60. The molecule has 0 bridgehead atoms. The van der Waals surface area contributed by atoms with Gasteiger partial charge in [-0.15, -0.1) is 5.10 Å². The highest BCUT2D eigenvalue weighted by molar-refractivity contribution is 9.10. The fourth-order valence-corrected chi connectivity index (χ4v) is 3.32. The van der Waals surface area contributed by atoms with Crippen molar-refractivity contribution in [2.75, 3.05) is 26.6 Å². The summed E-state index contributed by atoms with van der Waals surface area (Å²) in [6.45, 7) is 5.25. The van der Waals surface area contributed by atoms with E-state index in [9.17, 15) is 0 Å². The number of hydrogen-bond acceptors (Lipinski definition) is 5. The number of halogens is 1. The maximum atomic E-state index is 6.01. The first-order valence-corrected chi connectivity index (χ1v) is 8.74. The molecule has 2 aromatic rings. The van der Waals surface area contributed by atoms with Crippen LogP contribution in [0.1, 0.15) is 19.8 Å². The van der Waals surface area contributed by atoms with Crippen LogP contribution in [0.3, 0.4) is 0 Å². The van der Waals surface area contributed by atoms with Gasteiger partial charge in [0.05, 0.1) is 29.8 Å². The number of hydrogen-bond donors (Lipinski definition) is 0. The smallest absolute Gasteiger partial charge is 0.146 e. The average molecular weight is 382 g/mol. The Morgan fingerprint density at radius 1 is 1.35 bits per heavy atom. The molecule has 2 fully saturated rings. The number of nitrogens with zero attached hydrogens (tertiary/aromatic N) is 3. The summed E-state index contributed by atoms with van der Waals surface area (Å²) < 4.78 is 19.6. The predicted molar refractivity (Wildman–Crippen MR) is 88.3 cm³/mol. The van der Waals surface area contributed by atoms with Gasteiger partial charge in [0.25, 0.3) is 0 Å². The third-order valence-electron chi connectivity index (χ3n) is 4.36. The van der Waals surface area contributed by atoms with E-state index in [2.05, 4.69) is 33.2 Å². The number of ether oxygens (including phenoxy) is 3. The molecule has 1 aliphatic carbocycles. The van der Waals surface area contributed by atoms with Crippen LogP contribution < -0.4 is 4.74 Å². The fourth-order valence-electron chi connectivity index (χ4n) is 2.79. The number of aromatic nitrogens is 3. The molecule has 2 aliphatic rings. The minimum atomic E-state index is -0.129. The van der Waals surface area contributed by atoms with Crippen molar-refractivity contribution in [3.05, 3.63) is 16.6 Å². The van der Waals surface area contributed by atoms with Crippen molar-refractivity contribution in [3.63, 3.8) is 0 Å². The van der Waals surface area contributed by atoms with Gasteiger partial charge in [-0.05, 0) is 46.8 Å². The van der Waals surface area contributed by atoms with Crippen molar-refractivity contribution in [2.45, 2.75) is 26.3 Å². The molecule has 1 saturated heterocycles. The van der Waals surface area contributed by atoms with Gasteiger partial charge >= 0.3 is 0 Å². The molecule has 7 heteroatoms. The van der Waals surface area contributed by atoms with Crippen molar-refractivity contribution in [2.24, 2.45) is 11.3 Å². The minimum Gasteiger partial charge on any atom is -0.492 e. The van der Waals surface area contributed by atoms with Gasteiger partial charge in [-0.2, -0.15) is 0 Å². The summed E-state index contributed by atoms with van der Waals surface area (Å²) in [7, 11) is 0. The molecule has 2 heterocycles. The molecule has 1 aliphatic heterocycles.